The van der Waals surface area contributed by atoms with Crippen LogP contribution in [0.3, 0.4) is 0 Å². The molecule has 0 aliphatic rings. The van der Waals surface area contributed by atoms with Gasteiger partial charge >= 0.3 is 31.1 Å². The fourth-order valence-electron chi connectivity index (χ4n) is 2.50. The zero-order chi connectivity index (χ0) is 26.5. The molecule has 0 aliphatic heterocycles. The van der Waals surface area contributed by atoms with Crippen molar-refractivity contribution in [3.63, 3.8) is 0 Å². The summed E-state index contributed by atoms with van der Waals surface area (Å²) in [6.07, 6.45) is 0. The molecule has 3 rings (SSSR count). The van der Waals surface area contributed by atoms with Gasteiger partial charge in [0.2, 0.25) is 0 Å². The summed E-state index contributed by atoms with van der Waals surface area (Å²) < 4.78 is 110. The third kappa shape index (κ3) is 6.78. The molecule has 0 bridgehead atoms. The molecule has 3 aromatic carbocycles. The zero-order valence-corrected chi connectivity index (χ0v) is 20.2. The number of halogens is 6. The lowest BCUT2D eigenvalue weighted by molar-refractivity contribution is -0.0523. The molecule has 0 saturated carbocycles. The van der Waals surface area contributed by atoms with E-state index < -0.39 is 34.8 Å². The van der Waals surface area contributed by atoms with E-state index in [1.807, 2.05) is 0 Å². The van der Waals surface area contributed by atoms with Gasteiger partial charge in [0, 0.05) is 7.05 Å². The first-order valence-corrected chi connectivity index (χ1v) is 13.5. The van der Waals surface area contributed by atoms with E-state index in [9.17, 15) is 43.2 Å². The molecule has 0 amide bonds. The van der Waals surface area contributed by atoms with Crippen molar-refractivity contribution in [3.05, 3.63) is 91.0 Å². The number of benzene rings is 3. The molecule has 190 valence electrons. The predicted molar refractivity (Wildman–Crippen MR) is 119 cm³/mol. The van der Waals surface area contributed by atoms with Crippen LogP contribution in [0.1, 0.15) is 0 Å². The fraction of sp³-hybridized carbons (Fsp3) is 0.143. The van der Waals surface area contributed by atoms with E-state index in [2.05, 4.69) is 91.0 Å². The Balaban J connectivity index is 0.000000252. The number of rotatable bonds is 5. The van der Waals surface area contributed by atoms with Gasteiger partial charge in [0.1, 0.15) is 0 Å². The molecule has 0 atom stereocenters. The summed E-state index contributed by atoms with van der Waals surface area (Å²) in [5.74, 6) is 0. The molecule has 0 fully saturated rings. The maximum absolute atomic E-state index is 11.7. The van der Waals surface area contributed by atoms with E-state index in [-0.39, 0.29) is 17.9 Å². The highest BCUT2D eigenvalue weighted by Crippen LogP contribution is 2.34. The highest BCUT2D eigenvalue weighted by atomic mass is 32.3. The van der Waals surface area contributed by atoms with Gasteiger partial charge in [-0.2, -0.15) is 26.3 Å². The Morgan fingerprint density at radius 2 is 0.771 bits per heavy atom. The van der Waals surface area contributed by atoms with E-state index in [0.717, 1.165) is 0 Å². The standard InChI is InChI=1S/C18H15S.C3H3F6NO4S2/c1-4-10-16(11-5-1)19(17-12-6-2-7-13-17)18-14-8-3-9-15-18;1-10(15(11,12)2(4,5)6)16(13,14)3(7,8)9/h1-15H;1H3/q+1;. The van der Waals surface area contributed by atoms with Crippen molar-refractivity contribution in [1.29, 1.82) is 0 Å². The molecule has 0 unspecified atom stereocenters. The van der Waals surface area contributed by atoms with Gasteiger partial charge in [0.05, 0.1) is 10.9 Å². The molecule has 3 aromatic rings. The molecule has 35 heavy (non-hydrogen) atoms. The van der Waals surface area contributed by atoms with Crippen molar-refractivity contribution in [1.82, 2.24) is 3.71 Å². The van der Waals surface area contributed by atoms with Crippen molar-refractivity contribution in [2.24, 2.45) is 0 Å². The van der Waals surface area contributed by atoms with Gasteiger partial charge < -0.3 is 0 Å². The molecular weight excluding hydrogens is 540 g/mol. The summed E-state index contributed by atoms with van der Waals surface area (Å²) in [6, 6.07) is 32.2. The Labute approximate surface area is 201 Å². The molecule has 0 saturated heterocycles. The van der Waals surface area contributed by atoms with Gasteiger partial charge in [-0.15, -0.1) is 0 Å². The van der Waals surface area contributed by atoms with Gasteiger partial charge in [-0.1, -0.05) is 58.3 Å². The maximum Gasteiger partial charge on any atom is 0.512 e. The van der Waals surface area contributed by atoms with Gasteiger partial charge in [-0.3, -0.25) is 0 Å². The first kappa shape index (κ1) is 28.7. The molecule has 0 N–H and O–H groups in total. The third-order valence-corrected chi connectivity index (χ3v) is 10.1. The summed E-state index contributed by atoms with van der Waals surface area (Å²) in [7, 11) is -13.6. The van der Waals surface area contributed by atoms with Crippen molar-refractivity contribution < 1.29 is 43.2 Å². The van der Waals surface area contributed by atoms with Crippen molar-refractivity contribution in [2.45, 2.75) is 25.7 Å². The molecule has 5 nitrogen and oxygen atoms in total. The van der Waals surface area contributed by atoms with E-state index in [0.29, 0.717) is 0 Å². The van der Waals surface area contributed by atoms with Crippen LogP contribution in [0.25, 0.3) is 0 Å². The lowest BCUT2D eigenvalue weighted by atomic mass is 10.4. The van der Waals surface area contributed by atoms with Crippen LogP contribution >= 0.6 is 0 Å². The lowest BCUT2D eigenvalue weighted by Crippen LogP contribution is -2.46. The summed E-state index contributed by atoms with van der Waals surface area (Å²) >= 11 is 0. The van der Waals surface area contributed by atoms with Crippen LogP contribution in [0.5, 0.6) is 0 Å². The first-order valence-electron chi connectivity index (χ1n) is 9.37. The van der Waals surface area contributed by atoms with Gasteiger partial charge in [0.25, 0.3) is 0 Å². The Hall–Kier alpha value is -2.55. The fourth-order valence-corrected chi connectivity index (χ4v) is 6.73. The second kappa shape index (κ2) is 11.0. The molecule has 0 aromatic heterocycles. The van der Waals surface area contributed by atoms with Crippen LogP contribution in [-0.2, 0) is 30.9 Å². The lowest BCUT2D eigenvalue weighted by Gasteiger charge is -2.19. The van der Waals surface area contributed by atoms with E-state index in [4.69, 9.17) is 0 Å². The van der Waals surface area contributed by atoms with Crippen molar-refractivity contribution in [3.8, 4) is 0 Å². The van der Waals surface area contributed by atoms with Crippen LogP contribution in [0.15, 0.2) is 106 Å². The molecule has 0 aliphatic carbocycles. The van der Waals surface area contributed by atoms with Crippen molar-refractivity contribution in [2.75, 3.05) is 7.05 Å². The molecular formula is C21H18F6NO4S3+. The average molecular weight is 559 g/mol. The topological polar surface area (TPSA) is 71.5 Å². The summed E-state index contributed by atoms with van der Waals surface area (Å²) in [4.78, 5) is 4.08. The van der Waals surface area contributed by atoms with Crippen LogP contribution in [0, 0.1) is 0 Å². The number of sulfonamides is 2. The van der Waals surface area contributed by atoms with E-state index >= 15 is 0 Å². The number of hydrogen-bond acceptors (Lipinski definition) is 4. The second-order valence-corrected chi connectivity index (χ2v) is 12.7. The van der Waals surface area contributed by atoms with Crippen molar-refractivity contribution >= 4 is 30.9 Å². The molecule has 0 radical (unpaired) electrons. The van der Waals surface area contributed by atoms with Crippen LogP contribution in [0.4, 0.5) is 26.3 Å². The van der Waals surface area contributed by atoms with Crippen LogP contribution < -0.4 is 0 Å². The summed E-state index contributed by atoms with van der Waals surface area (Å²) in [6.45, 7) is 0. The Bertz CT molecular complexity index is 1160. The Kier molecular flexibility index (Phi) is 9.03. The normalized spacial score (nSPS) is 12.8. The van der Waals surface area contributed by atoms with E-state index in [1.54, 1.807) is 0 Å². The largest absolute Gasteiger partial charge is 0.512 e. The number of alkyl halides is 6. The van der Waals surface area contributed by atoms with E-state index in [1.165, 1.54) is 14.7 Å². The monoisotopic (exact) mass is 558 g/mol. The summed E-state index contributed by atoms with van der Waals surface area (Å²) in [5.41, 5.74) is -12.3. The number of hydrogen-bond donors (Lipinski definition) is 0. The minimum absolute atomic E-state index is 0.0146. The SMILES string of the molecule is CN(S(=O)(=O)C(F)(F)F)S(=O)(=O)C(F)(F)F.c1ccc([S+](c2ccccc2)c2ccccc2)cc1. The Morgan fingerprint density at radius 1 is 0.543 bits per heavy atom. The number of nitrogens with zero attached hydrogens (tertiary/aromatic N) is 1. The first-order chi connectivity index (χ1) is 16.1. The van der Waals surface area contributed by atoms with Gasteiger partial charge in [-0.25, -0.2) is 16.8 Å². The maximum atomic E-state index is 11.7. The second-order valence-electron chi connectivity index (χ2n) is 6.53. The Morgan fingerprint density at radius 3 is 0.971 bits per heavy atom. The molecule has 0 spiro atoms. The average Bonchev–Trinajstić information content (AvgIpc) is 2.80. The van der Waals surface area contributed by atoms with Gasteiger partial charge in [-0.05, 0) is 36.4 Å². The molecule has 14 heteroatoms. The smallest absolute Gasteiger partial charge is 0.202 e. The van der Waals surface area contributed by atoms with Gasteiger partial charge in [0.15, 0.2) is 14.7 Å². The minimum atomic E-state index is -6.59. The van der Waals surface area contributed by atoms with Crippen LogP contribution in [-0.4, -0.2) is 38.6 Å². The highest BCUT2D eigenvalue weighted by Gasteiger charge is 2.59. The van der Waals surface area contributed by atoms with Crippen LogP contribution in [0.2, 0.25) is 0 Å². The summed E-state index contributed by atoms with van der Waals surface area (Å²) in [5, 5.41) is 0. The highest BCUT2D eigenvalue weighted by molar-refractivity contribution is 8.04. The molecule has 0 heterocycles. The zero-order valence-electron chi connectivity index (χ0n) is 17.7. The minimum Gasteiger partial charge on any atom is -0.202 e. The quantitative estimate of drug-likeness (QED) is 0.311. The predicted octanol–water partition coefficient (Wildman–Crippen LogP) is 5.40. The third-order valence-electron chi connectivity index (χ3n) is 4.20.